The van der Waals surface area contributed by atoms with E-state index in [1.807, 2.05) is 0 Å². The molecule has 0 amide bonds. The first-order valence-electron chi connectivity index (χ1n) is 7.81. The highest BCUT2D eigenvalue weighted by Crippen LogP contribution is 2.22. The van der Waals surface area contributed by atoms with Gasteiger partial charge in [-0.1, -0.05) is 0 Å². The lowest BCUT2D eigenvalue weighted by atomic mass is 10.1. The molecule has 0 bridgehead atoms. The van der Waals surface area contributed by atoms with Gasteiger partial charge in [-0.25, -0.2) is 0 Å². The van der Waals surface area contributed by atoms with Gasteiger partial charge >= 0.3 is 6.18 Å². The molecular weight excluding hydrogens is 297 g/mol. The van der Waals surface area contributed by atoms with Crippen molar-refractivity contribution >= 4 is 5.96 Å². The molecule has 2 unspecified atom stereocenters. The topological polar surface area (TPSA) is 48.9 Å². The van der Waals surface area contributed by atoms with Crippen molar-refractivity contribution in [3.63, 3.8) is 0 Å². The standard InChI is InChI=1S/C14H25F3N4O/c1-18-13(20-8-12-3-2-6-22-12)19-7-11-4-5-21(9-11)10-14(15,16)17/h11-12H,2-10H2,1H3,(H2,18,19,20). The van der Waals surface area contributed by atoms with E-state index in [9.17, 15) is 13.2 Å². The molecule has 0 aromatic heterocycles. The van der Waals surface area contributed by atoms with Crippen LogP contribution in [0, 0.1) is 5.92 Å². The smallest absolute Gasteiger partial charge is 0.376 e. The van der Waals surface area contributed by atoms with Crippen LogP contribution in [0.1, 0.15) is 19.3 Å². The number of alkyl halides is 3. The second-order valence-corrected chi connectivity index (χ2v) is 5.97. The van der Waals surface area contributed by atoms with Crippen molar-refractivity contribution in [3.8, 4) is 0 Å². The number of nitrogens with zero attached hydrogens (tertiary/aromatic N) is 2. The molecule has 0 radical (unpaired) electrons. The van der Waals surface area contributed by atoms with Crippen LogP contribution in [0.15, 0.2) is 4.99 Å². The number of rotatable bonds is 5. The van der Waals surface area contributed by atoms with Crippen LogP contribution < -0.4 is 10.6 Å². The highest BCUT2D eigenvalue weighted by atomic mass is 19.4. The third-order valence-electron chi connectivity index (χ3n) is 4.08. The minimum absolute atomic E-state index is 0.226. The van der Waals surface area contributed by atoms with Crippen molar-refractivity contribution in [3.05, 3.63) is 0 Å². The Hall–Kier alpha value is -1.02. The van der Waals surface area contributed by atoms with Gasteiger partial charge in [0.2, 0.25) is 0 Å². The van der Waals surface area contributed by atoms with Gasteiger partial charge in [0.05, 0.1) is 12.6 Å². The van der Waals surface area contributed by atoms with Gasteiger partial charge in [0, 0.05) is 33.3 Å². The molecule has 0 aromatic carbocycles. The lowest BCUT2D eigenvalue weighted by Crippen LogP contribution is -2.43. The van der Waals surface area contributed by atoms with E-state index in [2.05, 4.69) is 15.6 Å². The second kappa shape index (κ2) is 8.01. The van der Waals surface area contributed by atoms with Crippen molar-refractivity contribution in [2.75, 3.05) is 46.4 Å². The van der Waals surface area contributed by atoms with Gasteiger partial charge in [0.15, 0.2) is 5.96 Å². The molecule has 0 spiro atoms. The second-order valence-electron chi connectivity index (χ2n) is 5.97. The molecule has 0 saturated carbocycles. The van der Waals surface area contributed by atoms with Crippen LogP contribution >= 0.6 is 0 Å². The molecule has 8 heteroatoms. The van der Waals surface area contributed by atoms with Crippen LogP contribution in [-0.2, 0) is 4.74 Å². The number of guanidine groups is 1. The molecule has 22 heavy (non-hydrogen) atoms. The molecule has 5 nitrogen and oxygen atoms in total. The van der Waals surface area contributed by atoms with E-state index in [4.69, 9.17) is 4.74 Å². The third kappa shape index (κ3) is 6.00. The van der Waals surface area contributed by atoms with E-state index in [1.54, 1.807) is 7.05 Å². The predicted molar refractivity (Wildman–Crippen MR) is 78.9 cm³/mol. The number of likely N-dealkylation sites (tertiary alicyclic amines) is 1. The first-order valence-corrected chi connectivity index (χ1v) is 7.81. The van der Waals surface area contributed by atoms with Crippen molar-refractivity contribution < 1.29 is 17.9 Å². The Morgan fingerprint density at radius 1 is 1.27 bits per heavy atom. The SMILES string of the molecule is CN=C(NCC1CCN(CC(F)(F)F)C1)NCC1CCCO1. The maximum Gasteiger partial charge on any atom is 0.401 e. The van der Waals surface area contributed by atoms with Gasteiger partial charge in [0.25, 0.3) is 0 Å². The molecule has 2 N–H and O–H groups in total. The summed E-state index contributed by atoms with van der Waals surface area (Å²) in [6.07, 6.45) is -0.950. The monoisotopic (exact) mass is 322 g/mol. The summed E-state index contributed by atoms with van der Waals surface area (Å²) in [5.74, 6) is 0.911. The summed E-state index contributed by atoms with van der Waals surface area (Å²) >= 11 is 0. The van der Waals surface area contributed by atoms with Crippen molar-refractivity contribution in [2.24, 2.45) is 10.9 Å². The average Bonchev–Trinajstić information content (AvgIpc) is 3.09. The molecule has 2 aliphatic heterocycles. The largest absolute Gasteiger partial charge is 0.401 e. The minimum atomic E-state index is -4.11. The van der Waals surface area contributed by atoms with E-state index >= 15 is 0 Å². The van der Waals surface area contributed by atoms with Crippen LogP contribution in [0.4, 0.5) is 13.2 Å². The summed E-state index contributed by atoms with van der Waals surface area (Å²) in [6, 6.07) is 0. The normalized spacial score (nSPS) is 27.4. The van der Waals surface area contributed by atoms with E-state index < -0.39 is 12.7 Å². The van der Waals surface area contributed by atoms with E-state index in [0.717, 1.165) is 25.9 Å². The van der Waals surface area contributed by atoms with Gasteiger partial charge < -0.3 is 15.4 Å². The summed E-state index contributed by atoms with van der Waals surface area (Å²) in [6.45, 7) is 2.35. The number of hydrogen-bond acceptors (Lipinski definition) is 3. The third-order valence-corrected chi connectivity index (χ3v) is 4.08. The highest BCUT2D eigenvalue weighted by Gasteiger charge is 2.34. The average molecular weight is 322 g/mol. The van der Waals surface area contributed by atoms with Gasteiger partial charge in [-0.05, 0) is 31.7 Å². The Kier molecular flexibility index (Phi) is 6.31. The zero-order valence-corrected chi connectivity index (χ0v) is 13.0. The number of nitrogens with one attached hydrogen (secondary N) is 2. The summed E-state index contributed by atoms with van der Waals surface area (Å²) in [5.41, 5.74) is 0. The van der Waals surface area contributed by atoms with E-state index in [-0.39, 0.29) is 12.0 Å². The lowest BCUT2D eigenvalue weighted by molar-refractivity contribution is -0.143. The fraction of sp³-hybridized carbons (Fsp3) is 0.929. The number of hydrogen-bond donors (Lipinski definition) is 2. The van der Waals surface area contributed by atoms with E-state index in [0.29, 0.717) is 32.1 Å². The molecule has 2 aliphatic rings. The lowest BCUT2D eigenvalue weighted by Gasteiger charge is -2.19. The zero-order chi connectivity index (χ0) is 16.0. The molecule has 2 atom stereocenters. The van der Waals surface area contributed by atoms with Gasteiger partial charge in [-0.15, -0.1) is 0 Å². The molecule has 2 rings (SSSR count). The van der Waals surface area contributed by atoms with Crippen LogP contribution in [0.2, 0.25) is 0 Å². The van der Waals surface area contributed by atoms with E-state index in [1.165, 1.54) is 4.90 Å². The maximum absolute atomic E-state index is 12.4. The van der Waals surface area contributed by atoms with Crippen molar-refractivity contribution in [2.45, 2.75) is 31.5 Å². The van der Waals surface area contributed by atoms with Gasteiger partial charge in [0.1, 0.15) is 0 Å². The van der Waals surface area contributed by atoms with Crippen LogP contribution in [0.25, 0.3) is 0 Å². The fourth-order valence-electron chi connectivity index (χ4n) is 2.95. The summed E-state index contributed by atoms with van der Waals surface area (Å²) in [7, 11) is 1.69. The molecule has 0 aromatic rings. The summed E-state index contributed by atoms with van der Waals surface area (Å²) in [5, 5.41) is 6.40. The highest BCUT2D eigenvalue weighted by molar-refractivity contribution is 5.79. The first kappa shape index (κ1) is 17.3. The Morgan fingerprint density at radius 3 is 2.68 bits per heavy atom. The fourth-order valence-corrected chi connectivity index (χ4v) is 2.95. The summed E-state index contributed by atoms with van der Waals surface area (Å²) < 4.78 is 42.6. The number of halogens is 3. The number of aliphatic imine (C=N–C) groups is 1. The Labute approximate surface area is 129 Å². The molecule has 0 aliphatic carbocycles. The van der Waals surface area contributed by atoms with Gasteiger partial charge in [-0.2, -0.15) is 13.2 Å². The number of ether oxygens (including phenoxy) is 1. The van der Waals surface area contributed by atoms with Crippen LogP contribution in [0.3, 0.4) is 0 Å². The molecule has 2 fully saturated rings. The Morgan fingerprint density at radius 2 is 2.05 bits per heavy atom. The van der Waals surface area contributed by atoms with Gasteiger partial charge in [-0.3, -0.25) is 9.89 Å². The van der Waals surface area contributed by atoms with Crippen LogP contribution in [0.5, 0.6) is 0 Å². The molecule has 2 heterocycles. The summed E-state index contributed by atoms with van der Waals surface area (Å²) in [4.78, 5) is 5.60. The molecule has 2 saturated heterocycles. The predicted octanol–water partition coefficient (Wildman–Crippen LogP) is 1.21. The van der Waals surface area contributed by atoms with Crippen LogP contribution in [-0.4, -0.2) is 69.5 Å². The molecular formula is C14H25F3N4O. The maximum atomic E-state index is 12.4. The van der Waals surface area contributed by atoms with Crippen molar-refractivity contribution in [1.29, 1.82) is 0 Å². The Bertz CT molecular complexity index is 370. The first-order chi connectivity index (χ1) is 10.5. The van der Waals surface area contributed by atoms with Crippen molar-refractivity contribution in [1.82, 2.24) is 15.5 Å². The molecule has 128 valence electrons. The quantitative estimate of drug-likeness (QED) is 0.590. The Balaban J connectivity index is 1.64. The zero-order valence-electron chi connectivity index (χ0n) is 13.0. The minimum Gasteiger partial charge on any atom is -0.376 e.